The summed E-state index contributed by atoms with van der Waals surface area (Å²) in [5.74, 6) is -1.81. The fraction of sp³-hybridized carbons (Fsp3) is 0.567. The fourth-order valence-electron chi connectivity index (χ4n) is 6.90. The molecular weight excluding hydrogens is 614 g/mol. The number of hydrogen-bond donors (Lipinski definition) is 1. The molecule has 3 saturated heterocycles. The molecule has 40 heavy (non-hydrogen) atoms. The number of amides is 3. The number of aliphatic hydroxyl groups is 1. The zero-order valence-electron chi connectivity index (χ0n) is 23.4. The summed E-state index contributed by atoms with van der Waals surface area (Å²) in [6, 6.07) is 4.05. The Bertz CT molecular complexity index is 1160. The van der Waals surface area contributed by atoms with Crippen LogP contribution in [0.5, 0.6) is 0 Å². The summed E-state index contributed by atoms with van der Waals surface area (Å²) >= 11 is 12.1. The van der Waals surface area contributed by atoms with Gasteiger partial charge in [0.15, 0.2) is 0 Å². The molecular formula is C30H39BrClN3O4S. The van der Waals surface area contributed by atoms with E-state index >= 15 is 0 Å². The third-order valence-corrected chi connectivity index (χ3v) is 12.0. The van der Waals surface area contributed by atoms with Gasteiger partial charge in [-0.2, -0.15) is 0 Å². The van der Waals surface area contributed by atoms with Crippen molar-refractivity contribution in [2.75, 3.05) is 31.1 Å². The van der Waals surface area contributed by atoms with Crippen molar-refractivity contribution in [1.82, 2.24) is 9.80 Å². The number of aryl methyl sites for hydroxylation is 1. The molecule has 3 heterocycles. The molecule has 0 saturated carbocycles. The number of carbonyl (C=O) groups excluding carboxylic acids is 3. The number of thioether (sulfide) groups is 1. The van der Waals surface area contributed by atoms with E-state index < -0.39 is 28.7 Å². The van der Waals surface area contributed by atoms with Gasteiger partial charge in [-0.15, -0.1) is 24.9 Å². The van der Waals surface area contributed by atoms with Crippen molar-refractivity contribution in [2.45, 2.75) is 66.9 Å². The van der Waals surface area contributed by atoms with Crippen LogP contribution in [-0.4, -0.2) is 85.8 Å². The maximum Gasteiger partial charge on any atom is 0.251 e. The quantitative estimate of drug-likeness (QED) is 0.259. The second-order valence-corrected chi connectivity index (χ2v) is 14.0. The standard InChI is InChI=1S/C30H39BrClN3O4S/c1-6-13-33(14-7-2)27(37)22-23-28(38)35(19(9-4)17-36)26(30(23)16-20(31)25(22)40-30)29(39)34(15-8-3)24-18(5)11-10-12-21(24)32/h6,8,10-12,19-20,22-23,25-26,36H,1,3,7,9,13-17H2,2,4-5H3/t19-,20?,22+,23-,25+,26?,30?/m0/s1. The Morgan fingerprint density at radius 1 is 1.27 bits per heavy atom. The van der Waals surface area contributed by atoms with Crippen molar-refractivity contribution in [3.05, 3.63) is 54.1 Å². The number of para-hydroxylation sites is 1. The van der Waals surface area contributed by atoms with Crippen molar-refractivity contribution in [3.63, 3.8) is 0 Å². The maximum atomic E-state index is 14.8. The molecule has 0 aliphatic carbocycles. The minimum Gasteiger partial charge on any atom is -0.394 e. The van der Waals surface area contributed by atoms with Gasteiger partial charge in [0.2, 0.25) is 11.8 Å². The largest absolute Gasteiger partial charge is 0.394 e. The van der Waals surface area contributed by atoms with Gasteiger partial charge >= 0.3 is 0 Å². The molecule has 7 nitrogen and oxygen atoms in total. The maximum absolute atomic E-state index is 14.8. The van der Waals surface area contributed by atoms with Crippen LogP contribution < -0.4 is 4.90 Å². The van der Waals surface area contributed by atoms with Crippen molar-refractivity contribution in [3.8, 4) is 0 Å². The number of hydrogen-bond acceptors (Lipinski definition) is 5. The van der Waals surface area contributed by atoms with Crippen LogP contribution in [0.2, 0.25) is 5.02 Å². The second-order valence-electron chi connectivity index (χ2n) is 10.9. The van der Waals surface area contributed by atoms with E-state index in [0.29, 0.717) is 36.6 Å². The Morgan fingerprint density at radius 3 is 2.55 bits per heavy atom. The third-order valence-electron chi connectivity index (χ3n) is 8.51. The number of benzene rings is 1. The number of fused-ring (bicyclic) bond motifs is 1. The molecule has 1 spiro atoms. The van der Waals surface area contributed by atoms with Crippen LogP contribution in [0, 0.1) is 18.8 Å². The summed E-state index contributed by atoms with van der Waals surface area (Å²) in [7, 11) is 0. The molecule has 3 aliphatic heterocycles. The first-order valence-corrected chi connectivity index (χ1v) is 16.1. The number of aliphatic hydroxyl groups excluding tert-OH is 1. The Balaban J connectivity index is 1.86. The predicted octanol–water partition coefficient (Wildman–Crippen LogP) is 4.83. The minimum absolute atomic E-state index is 0.0398. The Labute approximate surface area is 255 Å². The highest BCUT2D eigenvalue weighted by molar-refractivity contribution is 9.09. The van der Waals surface area contributed by atoms with Crippen LogP contribution in [0.1, 0.15) is 38.7 Å². The normalized spacial score (nSPS) is 29.3. The lowest BCUT2D eigenvalue weighted by atomic mass is 9.70. The first-order chi connectivity index (χ1) is 19.1. The number of nitrogens with zero attached hydrogens (tertiary/aromatic N) is 3. The van der Waals surface area contributed by atoms with E-state index in [1.807, 2.05) is 32.9 Å². The molecule has 1 N–H and O–H groups in total. The topological polar surface area (TPSA) is 81.2 Å². The van der Waals surface area contributed by atoms with Gasteiger partial charge in [-0.1, -0.05) is 65.7 Å². The lowest BCUT2D eigenvalue weighted by Crippen LogP contribution is -2.58. The van der Waals surface area contributed by atoms with Crippen molar-refractivity contribution < 1.29 is 19.5 Å². The average molecular weight is 653 g/mol. The summed E-state index contributed by atoms with van der Waals surface area (Å²) in [6.45, 7) is 14.4. The number of halogens is 2. The number of rotatable bonds is 12. The van der Waals surface area contributed by atoms with Crippen LogP contribution in [-0.2, 0) is 14.4 Å². The van der Waals surface area contributed by atoms with E-state index in [1.165, 1.54) is 0 Å². The second kappa shape index (κ2) is 12.6. The summed E-state index contributed by atoms with van der Waals surface area (Å²) in [6.07, 6.45) is 5.19. The number of likely N-dealkylation sites (tertiary alicyclic amines) is 1. The number of alkyl halides is 1. The van der Waals surface area contributed by atoms with Crippen LogP contribution in [0.4, 0.5) is 5.69 Å². The van der Waals surface area contributed by atoms with E-state index in [-0.39, 0.29) is 41.0 Å². The molecule has 3 aliphatic rings. The van der Waals surface area contributed by atoms with Crippen LogP contribution in [0.25, 0.3) is 0 Å². The first-order valence-electron chi connectivity index (χ1n) is 13.9. The molecule has 10 heteroatoms. The van der Waals surface area contributed by atoms with Crippen LogP contribution in [0.3, 0.4) is 0 Å². The molecule has 2 bridgehead atoms. The van der Waals surface area contributed by atoms with E-state index in [9.17, 15) is 19.5 Å². The van der Waals surface area contributed by atoms with Crippen molar-refractivity contribution in [1.29, 1.82) is 0 Å². The van der Waals surface area contributed by atoms with E-state index in [2.05, 4.69) is 29.1 Å². The van der Waals surface area contributed by atoms with Crippen LogP contribution >= 0.6 is 39.3 Å². The van der Waals surface area contributed by atoms with Crippen molar-refractivity contribution >= 4 is 62.7 Å². The summed E-state index contributed by atoms with van der Waals surface area (Å²) in [5.41, 5.74) is 1.41. The SMILES string of the molecule is C=CCN(CCC)C(=O)[C@H]1[C@@H]2SC3(CC2Br)C(C(=O)N(CC=C)c2c(C)cccc2Cl)N([C@@H](CC)CO)C(=O)[C@H]13. The van der Waals surface area contributed by atoms with Gasteiger partial charge in [0.05, 0.1) is 39.9 Å². The highest BCUT2D eigenvalue weighted by Gasteiger charge is 2.76. The number of anilines is 1. The van der Waals surface area contributed by atoms with E-state index in [0.717, 1.165) is 12.0 Å². The van der Waals surface area contributed by atoms with E-state index in [4.69, 9.17) is 11.6 Å². The minimum atomic E-state index is -0.871. The average Bonchev–Trinajstić information content (AvgIpc) is 3.51. The molecule has 218 valence electrons. The Morgan fingerprint density at radius 2 is 1.98 bits per heavy atom. The summed E-state index contributed by atoms with van der Waals surface area (Å²) < 4.78 is -0.823. The summed E-state index contributed by atoms with van der Waals surface area (Å²) in [4.78, 5) is 48.3. The molecule has 3 unspecified atom stereocenters. The fourth-order valence-corrected chi connectivity index (χ4v) is 10.8. The van der Waals surface area contributed by atoms with Gasteiger partial charge in [0.1, 0.15) is 6.04 Å². The zero-order valence-corrected chi connectivity index (χ0v) is 26.6. The smallest absolute Gasteiger partial charge is 0.251 e. The molecule has 1 aromatic rings. The Hall–Kier alpha value is -1.81. The molecule has 3 fully saturated rings. The molecule has 1 aromatic carbocycles. The third kappa shape index (κ3) is 4.95. The van der Waals surface area contributed by atoms with Crippen molar-refractivity contribution in [2.24, 2.45) is 11.8 Å². The monoisotopic (exact) mass is 651 g/mol. The highest BCUT2D eigenvalue weighted by atomic mass is 79.9. The number of carbonyl (C=O) groups is 3. The molecule has 4 rings (SSSR count). The molecule has 3 amide bonds. The predicted molar refractivity (Wildman–Crippen MR) is 166 cm³/mol. The van der Waals surface area contributed by atoms with Gasteiger partial charge in [0, 0.05) is 29.7 Å². The van der Waals surface area contributed by atoms with Gasteiger partial charge in [-0.05, 0) is 37.8 Å². The van der Waals surface area contributed by atoms with Gasteiger partial charge in [-0.3, -0.25) is 14.4 Å². The molecule has 7 atom stereocenters. The first kappa shape index (κ1) is 31.1. The van der Waals surface area contributed by atoms with Gasteiger partial charge in [-0.25, -0.2) is 0 Å². The van der Waals surface area contributed by atoms with Gasteiger partial charge in [0.25, 0.3) is 5.91 Å². The molecule has 0 radical (unpaired) electrons. The molecule has 0 aromatic heterocycles. The highest BCUT2D eigenvalue weighted by Crippen LogP contribution is 2.68. The lowest BCUT2D eigenvalue weighted by molar-refractivity contribution is -0.145. The van der Waals surface area contributed by atoms with Gasteiger partial charge < -0.3 is 19.8 Å². The lowest BCUT2D eigenvalue weighted by Gasteiger charge is -2.40. The summed E-state index contributed by atoms with van der Waals surface area (Å²) in [5, 5.41) is 10.7. The van der Waals surface area contributed by atoms with E-state index in [1.54, 1.807) is 44.7 Å². The zero-order chi connectivity index (χ0) is 29.4. The van der Waals surface area contributed by atoms with Crippen LogP contribution in [0.15, 0.2) is 43.5 Å². The Kier molecular flexibility index (Phi) is 9.80.